The number of hydrogen-bond donors (Lipinski definition) is 3. The predicted octanol–water partition coefficient (Wildman–Crippen LogP) is 2.33. The Morgan fingerprint density at radius 3 is 2.86 bits per heavy atom. The van der Waals surface area contributed by atoms with Crippen molar-refractivity contribution in [3.8, 4) is 0 Å². The number of aliphatic carboxylic acids is 1. The summed E-state index contributed by atoms with van der Waals surface area (Å²) in [4.78, 5) is 25.7. The molecular weight excluding hydrogens is 268 g/mol. The third-order valence-electron chi connectivity index (χ3n) is 3.58. The van der Waals surface area contributed by atoms with Crippen molar-refractivity contribution in [2.75, 3.05) is 6.54 Å². The minimum atomic E-state index is -0.792. The minimum Gasteiger partial charge on any atom is -0.481 e. The van der Waals surface area contributed by atoms with Crippen molar-refractivity contribution in [1.29, 1.82) is 0 Å². The van der Waals surface area contributed by atoms with E-state index >= 15 is 0 Å². The Kier molecular flexibility index (Phi) is 4.98. The van der Waals surface area contributed by atoms with E-state index < -0.39 is 5.97 Å². The van der Waals surface area contributed by atoms with Crippen molar-refractivity contribution < 1.29 is 14.7 Å². The molecule has 0 radical (unpaired) electrons. The molecule has 2 aromatic rings. The van der Waals surface area contributed by atoms with Crippen LogP contribution >= 0.6 is 0 Å². The van der Waals surface area contributed by atoms with Gasteiger partial charge in [0.1, 0.15) is 0 Å². The average Bonchev–Trinajstić information content (AvgIpc) is 2.86. The van der Waals surface area contributed by atoms with E-state index in [9.17, 15) is 9.59 Å². The highest BCUT2D eigenvalue weighted by Gasteiger charge is 2.11. The van der Waals surface area contributed by atoms with Crippen molar-refractivity contribution in [3.05, 3.63) is 36.0 Å². The topological polar surface area (TPSA) is 82.2 Å². The molecule has 1 amide bonds. The lowest BCUT2D eigenvalue weighted by atomic mass is 10.1. The summed E-state index contributed by atoms with van der Waals surface area (Å²) < 4.78 is 0. The lowest BCUT2D eigenvalue weighted by Crippen LogP contribution is -2.26. The first-order valence-electron chi connectivity index (χ1n) is 7.12. The number of benzene rings is 1. The summed E-state index contributed by atoms with van der Waals surface area (Å²) in [5, 5.41) is 12.7. The van der Waals surface area contributed by atoms with Gasteiger partial charge < -0.3 is 15.4 Å². The van der Waals surface area contributed by atoms with E-state index in [0.29, 0.717) is 25.8 Å². The van der Waals surface area contributed by atoms with Gasteiger partial charge in [0.15, 0.2) is 0 Å². The van der Waals surface area contributed by atoms with E-state index in [-0.39, 0.29) is 11.8 Å². The molecule has 1 heterocycles. The van der Waals surface area contributed by atoms with Gasteiger partial charge in [-0.1, -0.05) is 25.1 Å². The van der Waals surface area contributed by atoms with Gasteiger partial charge >= 0.3 is 5.97 Å². The van der Waals surface area contributed by atoms with E-state index in [1.807, 2.05) is 30.5 Å². The van der Waals surface area contributed by atoms with Gasteiger partial charge in [0.2, 0.25) is 5.91 Å². The average molecular weight is 288 g/mol. The molecule has 0 aliphatic heterocycles. The second kappa shape index (κ2) is 6.92. The molecule has 0 aliphatic rings. The second-order valence-electron chi connectivity index (χ2n) is 5.27. The van der Waals surface area contributed by atoms with E-state index in [1.165, 1.54) is 0 Å². The second-order valence-corrected chi connectivity index (χ2v) is 5.27. The fourth-order valence-electron chi connectivity index (χ4n) is 2.27. The summed E-state index contributed by atoms with van der Waals surface area (Å²) in [5.74, 6) is -1.20. The standard InChI is InChI=1S/C16H20N2O3/c1-11(16(20)21)5-4-8-17-15(19)9-12-10-18-14-7-3-2-6-13(12)14/h2-3,6-7,10-11,18H,4-5,8-9H2,1H3,(H,17,19)(H,20,21). The third kappa shape index (κ3) is 4.08. The van der Waals surface area contributed by atoms with E-state index in [1.54, 1.807) is 6.92 Å². The number of amides is 1. The number of H-pyrrole nitrogens is 1. The lowest BCUT2D eigenvalue weighted by Gasteiger charge is -2.07. The summed E-state index contributed by atoms with van der Waals surface area (Å²) >= 11 is 0. The SMILES string of the molecule is CC(CCCNC(=O)Cc1c[nH]c2ccccc12)C(=O)O. The fourth-order valence-corrected chi connectivity index (χ4v) is 2.27. The lowest BCUT2D eigenvalue weighted by molar-refractivity contribution is -0.141. The van der Waals surface area contributed by atoms with Crippen LogP contribution in [0.3, 0.4) is 0 Å². The molecule has 0 aliphatic carbocycles. The molecule has 0 bridgehead atoms. The first-order chi connectivity index (χ1) is 10.1. The Labute approximate surface area is 123 Å². The van der Waals surface area contributed by atoms with Crippen LogP contribution < -0.4 is 5.32 Å². The number of aromatic amines is 1. The van der Waals surface area contributed by atoms with Gasteiger partial charge in [0, 0.05) is 23.6 Å². The van der Waals surface area contributed by atoms with Crippen LogP contribution in [0.5, 0.6) is 0 Å². The number of hydrogen-bond acceptors (Lipinski definition) is 2. The first-order valence-corrected chi connectivity index (χ1v) is 7.12. The molecule has 0 fully saturated rings. The molecule has 5 nitrogen and oxygen atoms in total. The van der Waals surface area contributed by atoms with Gasteiger partial charge in [-0.2, -0.15) is 0 Å². The number of carbonyl (C=O) groups is 2. The Hall–Kier alpha value is -2.30. The van der Waals surface area contributed by atoms with Gasteiger partial charge in [0.25, 0.3) is 0 Å². The van der Waals surface area contributed by atoms with Crippen LogP contribution in [0.2, 0.25) is 0 Å². The van der Waals surface area contributed by atoms with Crippen LogP contribution in [0, 0.1) is 5.92 Å². The monoisotopic (exact) mass is 288 g/mol. The number of aromatic nitrogens is 1. The number of fused-ring (bicyclic) bond motifs is 1. The third-order valence-corrected chi connectivity index (χ3v) is 3.58. The summed E-state index contributed by atoms with van der Waals surface area (Å²) in [5.41, 5.74) is 2.00. The summed E-state index contributed by atoms with van der Waals surface area (Å²) in [6.07, 6.45) is 3.44. The molecule has 3 N–H and O–H groups in total. The molecule has 112 valence electrons. The molecule has 0 saturated carbocycles. The number of rotatable bonds is 7. The highest BCUT2D eigenvalue weighted by Crippen LogP contribution is 2.17. The van der Waals surface area contributed by atoms with Crippen LogP contribution in [0.1, 0.15) is 25.3 Å². The van der Waals surface area contributed by atoms with Gasteiger partial charge in [-0.25, -0.2) is 0 Å². The molecular formula is C16H20N2O3. The summed E-state index contributed by atoms with van der Waals surface area (Å²) in [6.45, 7) is 2.19. The van der Waals surface area contributed by atoms with Crippen LogP contribution in [-0.4, -0.2) is 28.5 Å². The number of carboxylic acid groups (broad SMARTS) is 1. The molecule has 21 heavy (non-hydrogen) atoms. The maximum absolute atomic E-state index is 11.9. The Morgan fingerprint density at radius 2 is 2.10 bits per heavy atom. The molecule has 5 heteroatoms. The highest BCUT2D eigenvalue weighted by molar-refractivity contribution is 5.88. The zero-order chi connectivity index (χ0) is 15.2. The van der Waals surface area contributed by atoms with Crippen LogP contribution in [-0.2, 0) is 16.0 Å². The molecule has 1 aromatic carbocycles. The zero-order valence-corrected chi connectivity index (χ0v) is 12.1. The number of carboxylic acids is 1. The fraction of sp³-hybridized carbons (Fsp3) is 0.375. The van der Waals surface area contributed by atoms with Gasteiger partial charge in [-0.3, -0.25) is 9.59 Å². The van der Waals surface area contributed by atoms with E-state index in [2.05, 4.69) is 10.3 Å². The normalized spacial score (nSPS) is 12.2. The van der Waals surface area contributed by atoms with Crippen LogP contribution in [0.15, 0.2) is 30.5 Å². The van der Waals surface area contributed by atoms with E-state index in [4.69, 9.17) is 5.11 Å². The van der Waals surface area contributed by atoms with Gasteiger partial charge in [-0.05, 0) is 24.5 Å². The summed E-state index contributed by atoms with van der Waals surface area (Å²) in [7, 11) is 0. The zero-order valence-electron chi connectivity index (χ0n) is 12.1. The molecule has 2 rings (SSSR count). The largest absolute Gasteiger partial charge is 0.481 e. The maximum Gasteiger partial charge on any atom is 0.306 e. The Morgan fingerprint density at radius 1 is 1.33 bits per heavy atom. The first kappa shape index (κ1) is 15.1. The molecule has 1 atom stereocenters. The predicted molar refractivity (Wildman–Crippen MR) is 81.0 cm³/mol. The van der Waals surface area contributed by atoms with Crippen LogP contribution in [0.25, 0.3) is 10.9 Å². The maximum atomic E-state index is 11.9. The van der Waals surface area contributed by atoms with Crippen LogP contribution in [0.4, 0.5) is 0 Å². The number of para-hydroxylation sites is 1. The van der Waals surface area contributed by atoms with Crippen molar-refractivity contribution in [2.45, 2.75) is 26.2 Å². The van der Waals surface area contributed by atoms with Crippen molar-refractivity contribution in [1.82, 2.24) is 10.3 Å². The number of nitrogens with one attached hydrogen (secondary N) is 2. The van der Waals surface area contributed by atoms with Gasteiger partial charge in [0.05, 0.1) is 12.3 Å². The summed E-state index contributed by atoms with van der Waals surface area (Å²) in [6, 6.07) is 7.87. The number of carbonyl (C=O) groups excluding carboxylic acids is 1. The Balaban J connectivity index is 1.78. The molecule has 0 saturated heterocycles. The van der Waals surface area contributed by atoms with Gasteiger partial charge in [-0.15, -0.1) is 0 Å². The molecule has 1 aromatic heterocycles. The van der Waals surface area contributed by atoms with E-state index in [0.717, 1.165) is 16.5 Å². The Bertz CT molecular complexity index is 633. The molecule has 0 spiro atoms. The van der Waals surface area contributed by atoms with Crippen molar-refractivity contribution >= 4 is 22.8 Å². The molecule has 1 unspecified atom stereocenters. The highest BCUT2D eigenvalue weighted by atomic mass is 16.4. The minimum absolute atomic E-state index is 0.0391. The smallest absolute Gasteiger partial charge is 0.306 e. The van der Waals surface area contributed by atoms with Crippen molar-refractivity contribution in [2.24, 2.45) is 5.92 Å². The van der Waals surface area contributed by atoms with Crippen molar-refractivity contribution in [3.63, 3.8) is 0 Å². The quantitative estimate of drug-likeness (QED) is 0.684.